The number of hydrogen-bond acceptors (Lipinski definition) is 2. The lowest BCUT2D eigenvalue weighted by Crippen LogP contribution is -2.21. The molecule has 2 N–H and O–H groups in total. The number of rotatable bonds is 1. The molecule has 1 heterocycles. The summed E-state index contributed by atoms with van der Waals surface area (Å²) in [5.74, 6) is 0.0831. The maximum absolute atomic E-state index is 11.3. The van der Waals surface area contributed by atoms with Crippen molar-refractivity contribution in [2.24, 2.45) is 0 Å². The van der Waals surface area contributed by atoms with Crippen molar-refractivity contribution in [3.8, 4) is 0 Å². The van der Waals surface area contributed by atoms with E-state index < -0.39 is 6.10 Å². The lowest BCUT2D eigenvalue weighted by Gasteiger charge is -2.23. The van der Waals surface area contributed by atoms with Crippen LogP contribution in [0.1, 0.15) is 41.7 Å². The molecule has 1 aliphatic heterocycles. The van der Waals surface area contributed by atoms with Crippen LogP contribution in [0.4, 0.5) is 5.69 Å². The first-order valence-electron chi connectivity index (χ1n) is 5.61. The number of nitrogens with one attached hydrogen (secondary N) is 1. The SMILES string of the molecule is Cc1c(C(C)O)cc2c(c1C)NC(=O)CC2. The zero-order valence-electron chi connectivity index (χ0n) is 9.92. The summed E-state index contributed by atoms with van der Waals surface area (Å²) in [5.41, 5.74) is 5.18. The Balaban J connectivity index is 2.58. The minimum atomic E-state index is -0.457. The molecule has 1 aliphatic rings. The number of benzene rings is 1. The van der Waals surface area contributed by atoms with Crippen LogP contribution in [0.3, 0.4) is 0 Å². The average molecular weight is 219 g/mol. The van der Waals surface area contributed by atoms with Crippen LogP contribution in [0.2, 0.25) is 0 Å². The third kappa shape index (κ3) is 1.71. The maximum atomic E-state index is 11.3. The molecule has 0 saturated heterocycles. The third-order valence-corrected chi connectivity index (χ3v) is 3.36. The molecule has 16 heavy (non-hydrogen) atoms. The second-order valence-corrected chi connectivity index (χ2v) is 4.47. The van der Waals surface area contributed by atoms with Crippen LogP contribution >= 0.6 is 0 Å². The topological polar surface area (TPSA) is 49.3 Å². The Hall–Kier alpha value is -1.35. The van der Waals surface area contributed by atoms with Crippen molar-refractivity contribution in [3.63, 3.8) is 0 Å². The Morgan fingerprint density at radius 2 is 2.00 bits per heavy atom. The van der Waals surface area contributed by atoms with Gasteiger partial charge in [-0.15, -0.1) is 0 Å². The number of anilines is 1. The molecule has 0 saturated carbocycles. The first-order valence-corrected chi connectivity index (χ1v) is 5.61. The molecule has 1 atom stereocenters. The van der Waals surface area contributed by atoms with Gasteiger partial charge in [0.15, 0.2) is 0 Å². The van der Waals surface area contributed by atoms with Gasteiger partial charge in [-0.25, -0.2) is 0 Å². The van der Waals surface area contributed by atoms with E-state index in [-0.39, 0.29) is 5.91 Å². The third-order valence-electron chi connectivity index (χ3n) is 3.36. The highest BCUT2D eigenvalue weighted by molar-refractivity contribution is 5.95. The van der Waals surface area contributed by atoms with E-state index in [9.17, 15) is 9.90 Å². The molecule has 0 aromatic heterocycles. The van der Waals surface area contributed by atoms with Crippen LogP contribution in [0.25, 0.3) is 0 Å². The quantitative estimate of drug-likeness (QED) is 0.761. The van der Waals surface area contributed by atoms with Crippen molar-refractivity contribution in [2.75, 3.05) is 5.32 Å². The van der Waals surface area contributed by atoms with Gasteiger partial charge in [-0.05, 0) is 49.4 Å². The number of hydrogen-bond donors (Lipinski definition) is 2. The Morgan fingerprint density at radius 3 is 2.62 bits per heavy atom. The number of fused-ring (bicyclic) bond motifs is 1. The maximum Gasteiger partial charge on any atom is 0.224 e. The lowest BCUT2D eigenvalue weighted by molar-refractivity contribution is -0.116. The zero-order valence-corrected chi connectivity index (χ0v) is 9.92. The second-order valence-electron chi connectivity index (χ2n) is 4.47. The van der Waals surface area contributed by atoms with Gasteiger partial charge in [0.25, 0.3) is 0 Å². The average Bonchev–Trinajstić information content (AvgIpc) is 2.23. The van der Waals surface area contributed by atoms with E-state index in [1.807, 2.05) is 19.9 Å². The molecular formula is C13H17NO2. The fourth-order valence-electron chi connectivity index (χ4n) is 2.27. The molecule has 86 valence electrons. The summed E-state index contributed by atoms with van der Waals surface area (Å²) in [6, 6.07) is 2.02. The van der Waals surface area contributed by atoms with Crippen molar-refractivity contribution in [3.05, 3.63) is 28.3 Å². The van der Waals surface area contributed by atoms with Gasteiger partial charge < -0.3 is 10.4 Å². The second kappa shape index (κ2) is 3.91. The van der Waals surface area contributed by atoms with E-state index >= 15 is 0 Å². The summed E-state index contributed by atoms with van der Waals surface area (Å²) in [5, 5.41) is 12.6. The molecule has 1 aromatic rings. The molecule has 1 aromatic carbocycles. The van der Waals surface area contributed by atoms with Crippen molar-refractivity contribution >= 4 is 11.6 Å². The van der Waals surface area contributed by atoms with Crippen LogP contribution in [0.15, 0.2) is 6.07 Å². The molecule has 0 radical (unpaired) electrons. The summed E-state index contributed by atoms with van der Waals surface area (Å²) < 4.78 is 0. The van der Waals surface area contributed by atoms with Gasteiger partial charge in [0.1, 0.15) is 0 Å². The van der Waals surface area contributed by atoms with E-state index in [2.05, 4.69) is 5.32 Å². The molecule has 0 aliphatic carbocycles. The van der Waals surface area contributed by atoms with E-state index in [1.165, 1.54) is 0 Å². The predicted molar refractivity (Wildman–Crippen MR) is 63.5 cm³/mol. The van der Waals surface area contributed by atoms with Gasteiger partial charge in [-0.1, -0.05) is 6.07 Å². The highest BCUT2D eigenvalue weighted by Gasteiger charge is 2.20. The molecule has 2 rings (SSSR count). The molecule has 1 amide bonds. The summed E-state index contributed by atoms with van der Waals surface area (Å²) in [6.45, 7) is 5.75. The van der Waals surface area contributed by atoms with Gasteiger partial charge >= 0.3 is 0 Å². The van der Waals surface area contributed by atoms with Gasteiger partial charge in [0, 0.05) is 12.1 Å². The smallest absolute Gasteiger partial charge is 0.224 e. The van der Waals surface area contributed by atoms with Gasteiger partial charge in [0.05, 0.1) is 6.10 Å². The molecular weight excluding hydrogens is 202 g/mol. The first-order chi connectivity index (χ1) is 7.50. The summed E-state index contributed by atoms with van der Waals surface area (Å²) in [7, 11) is 0. The molecule has 0 bridgehead atoms. The van der Waals surface area contributed by atoms with Crippen LogP contribution in [-0.4, -0.2) is 11.0 Å². The molecule has 0 fully saturated rings. The van der Waals surface area contributed by atoms with Gasteiger partial charge in [-0.2, -0.15) is 0 Å². The van der Waals surface area contributed by atoms with E-state index in [1.54, 1.807) is 6.92 Å². The van der Waals surface area contributed by atoms with E-state index in [0.29, 0.717) is 6.42 Å². The van der Waals surface area contributed by atoms with Gasteiger partial charge in [0.2, 0.25) is 5.91 Å². The number of carbonyl (C=O) groups excluding carboxylic acids is 1. The Labute approximate surface area is 95.5 Å². The molecule has 3 heteroatoms. The van der Waals surface area contributed by atoms with Crippen LogP contribution in [0.5, 0.6) is 0 Å². The predicted octanol–water partition coefficient (Wildman–Crippen LogP) is 2.24. The fourth-order valence-corrected chi connectivity index (χ4v) is 2.27. The van der Waals surface area contributed by atoms with E-state index in [4.69, 9.17) is 0 Å². The van der Waals surface area contributed by atoms with Crippen LogP contribution in [0, 0.1) is 13.8 Å². The summed E-state index contributed by atoms with van der Waals surface area (Å²) in [4.78, 5) is 11.3. The highest BCUT2D eigenvalue weighted by Crippen LogP contribution is 2.33. The highest BCUT2D eigenvalue weighted by atomic mass is 16.3. The van der Waals surface area contributed by atoms with Crippen molar-refractivity contribution in [2.45, 2.75) is 39.7 Å². The number of aliphatic hydroxyl groups excluding tert-OH is 1. The monoisotopic (exact) mass is 219 g/mol. The summed E-state index contributed by atoms with van der Waals surface area (Å²) >= 11 is 0. The van der Waals surface area contributed by atoms with Crippen molar-refractivity contribution in [1.29, 1.82) is 0 Å². The Morgan fingerprint density at radius 1 is 1.31 bits per heavy atom. The number of aryl methyl sites for hydroxylation is 1. The van der Waals surface area contributed by atoms with Gasteiger partial charge in [-0.3, -0.25) is 4.79 Å². The standard InChI is InChI=1S/C13H17NO2/c1-7-8(2)13-10(4-5-12(16)14-13)6-11(7)9(3)15/h6,9,15H,4-5H2,1-3H3,(H,14,16). The van der Waals surface area contributed by atoms with Crippen molar-refractivity contribution < 1.29 is 9.90 Å². The number of amides is 1. The van der Waals surface area contributed by atoms with Crippen molar-refractivity contribution in [1.82, 2.24) is 0 Å². The first kappa shape index (κ1) is 11.1. The lowest BCUT2D eigenvalue weighted by atomic mass is 9.90. The normalized spacial score (nSPS) is 16.6. The zero-order chi connectivity index (χ0) is 11.9. The van der Waals surface area contributed by atoms with Crippen LogP contribution in [-0.2, 0) is 11.2 Å². The Kier molecular flexibility index (Phi) is 2.72. The van der Waals surface area contributed by atoms with Crippen LogP contribution < -0.4 is 5.32 Å². The fraction of sp³-hybridized carbons (Fsp3) is 0.462. The molecule has 1 unspecified atom stereocenters. The summed E-state index contributed by atoms with van der Waals surface area (Å²) in [6.07, 6.45) is 0.846. The minimum Gasteiger partial charge on any atom is -0.389 e. The van der Waals surface area contributed by atoms with E-state index in [0.717, 1.165) is 34.4 Å². The minimum absolute atomic E-state index is 0.0831. The Bertz CT molecular complexity index is 450. The molecule has 0 spiro atoms. The largest absolute Gasteiger partial charge is 0.389 e. The number of aliphatic hydroxyl groups is 1. The molecule has 3 nitrogen and oxygen atoms in total. The number of carbonyl (C=O) groups is 1.